The molecule has 0 aliphatic carbocycles. The minimum atomic E-state index is -0.00647. The maximum Gasteiger partial charge on any atom is 0.228 e. The molecular weight excluding hydrogens is 264 g/mol. The van der Waals surface area contributed by atoms with E-state index in [4.69, 9.17) is 16.0 Å². The van der Waals surface area contributed by atoms with Gasteiger partial charge in [0, 0.05) is 11.8 Å². The summed E-state index contributed by atoms with van der Waals surface area (Å²) in [5.74, 6) is 0.452. The van der Waals surface area contributed by atoms with Gasteiger partial charge in [0.05, 0.1) is 5.56 Å². The Balaban J connectivity index is 2.11. The van der Waals surface area contributed by atoms with Crippen LogP contribution < -0.4 is 0 Å². The summed E-state index contributed by atoms with van der Waals surface area (Å²) in [6.07, 6.45) is 1.60. The molecular formula is C14H9ClN2O2. The highest BCUT2D eigenvalue weighted by atomic mass is 35.5. The van der Waals surface area contributed by atoms with Crippen LogP contribution >= 0.6 is 11.6 Å². The molecule has 5 heteroatoms. The fraction of sp³-hybridized carbons (Fsp3) is 0.0714. The number of pyridine rings is 1. The van der Waals surface area contributed by atoms with Crippen molar-refractivity contribution in [3.63, 3.8) is 0 Å². The van der Waals surface area contributed by atoms with Gasteiger partial charge in [-0.3, -0.25) is 4.79 Å². The highest BCUT2D eigenvalue weighted by Gasteiger charge is 2.10. The van der Waals surface area contributed by atoms with Crippen LogP contribution in [0.2, 0.25) is 5.15 Å². The summed E-state index contributed by atoms with van der Waals surface area (Å²) in [7, 11) is 0. The average Bonchev–Trinajstić information content (AvgIpc) is 2.82. The molecule has 3 aromatic rings. The number of halogens is 1. The first kappa shape index (κ1) is 11.9. The molecule has 0 fully saturated rings. The van der Waals surface area contributed by atoms with Crippen molar-refractivity contribution in [3.05, 3.63) is 47.2 Å². The molecule has 4 nitrogen and oxygen atoms in total. The van der Waals surface area contributed by atoms with Gasteiger partial charge in [0.1, 0.15) is 10.7 Å². The molecule has 0 bridgehead atoms. The zero-order valence-electron chi connectivity index (χ0n) is 10.1. The van der Waals surface area contributed by atoms with Gasteiger partial charge in [-0.2, -0.15) is 0 Å². The lowest BCUT2D eigenvalue weighted by molar-refractivity contribution is 0.101. The zero-order valence-corrected chi connectivity index (χ0v) is 10.8. The number of hydrogen-bond acceptors (Lipinski definition) is 4. The molecule has 0 N–H and O–H groups in total. The highest BCUT2D eigenvalue weighted by molar-refractivity contribution is 6.29. The lowest BCUT2D eigenvalue weighted by atomic mass is 10.1. The molecule has 0 saturated heterocycles. The largest absolute Gasteiger partial charge is 0.436 e. The molecule has 0 unspecified atom stereocenters. The Labute approximate surface area is 114 Å². The zero-order chi connectivity index (χ0) is 13.4. The monoisotopic (exact) mass is 272 g/mol. The van der Waals surface area contributed by atoms with Gasteiger partial charge in [0.25, 0.3) is 0 Å². The molecule has 0 amide bonds. The van der Waals surface area contributed by atoms with Gasteiger partial charge in [-0.25, -0.2) is 9.97 Å². The number of carbonyl (C=O) groups is 1. The van der Waals surface area contributed by atoms with Crippen molar-refractivity contribution < 1.29 is 9.21 Å². The molecule has 2 heterocycles. The summed E-state index contributed by atoms with van der Waals surface area (Å²) >= 11 is 5.73. The van der Waals surface area contributed by atoms with Gasteiger partial charge < -0.3 is 4.42 Å². The molecule has 94 valence electrons. The Morgan fingerprint density at radius 1 is 1.26 bits per heavy atom. The third kappa shape index (κ3) is 2.22. The number of ketones is 1. The van der Waals surface area contributed by atoms with Gasteiger partial charge in [0.15, 0.2) is 11.4 Å². The molecule has 0 aliphatic heterocycles. The second kappa shape index (κ2) is 4.48. The second-order valence-corrected chi connectivity index (χ2v) is 4.51. The summed E-state index contributed by atoms with van der Waals surface area (Å²) in [5.41, 5.74) is 2.63. The topological polar surface area (TPSA) is 56.0 Å². The van der Waals surface area contributed by atoms with E-state index in [1.54, 1.807) is 36.5 Å². The Bertz CT molecular complexity index is 763. The third-order valence-corrected chi connectivity index (χ3v) is 2.99. The van der Waals surface area contributed by atoms with Crippen molar-refractivity contribution in [2.24, 2.45) is 0 Å². The lowest BCUT2D eigenvalue weighted by Crippen LogP contribution is -1.89. The van der Waals surface area contributed by atoms with Gasteiger partial charge in [-0.05, 0) is 37.3 Å². The van der Waals surface area contributed by atoms with Crippen LogP contribution in [0.15, 0.2) is 40.9 Å². The Hall–Kier alpha value is -2.20. The number of aromatic nitrogens is 2. The number of hydrogen-bond donors (Lipinski definition) is 0. The van der Waals surface area contributed by atoms with Gasteiger partial charge in [-0.15, -0.1) is 0 Å². The van der Waals surface area contributed by atoms with Gasteiger partial charge in [0.2, 0.25) is 5.89 Å². The Morgan fingerprint density at radius 3 is 2.79 bits per heavy atom. The Morgan fingerprint density at radius 2 is 2.11 bits per heavy atom. The molecule has 19 heavy (non-hydrogen) atoms. The van der Waals surface area contributed by atoms with Crippen LogP contribution in [0.1, 0.15) is 17.3 Å². The number of rotatable bonds is 2. The maximum absolute atomic E-state index is 11.3. The van der Waals surface area contributed by atoms with Crippen LogP contribution in [-0.4, -0.2) is 15.8 Å². The van der Waals surface area contributed by atoms with E-state index in [0.29, 0.717) is 27.7 Å². The minimum absolute atomic E-state index is 0.00647. The van der Waals surface area contributed by atoms with Crippen molar-refractivity contribution in [2.75, 3.05) is 0 Å². The number of Topliss-reactive ketones (excluding diaryl/α,β-unsaturated/α-hetero) is 1. The van der Waals surface area contributed by atoms with Crippen LogP contribution in [0.5, 0.6) is 0 Å². The van der Waals surface area contributed by atoms with E-state index in [2.05, 4.69) is 9.97 Å². The van der Waals surface area contributed by atoms with E-state index in [-0.39, 0.29) is 5.78 Å². The van der Waals surface area contributed by atoms with Crippen LogP contribution in [0, 0.1) is 0 Å². The standard InChI is InChI=1S/C14H9ClN2O2/c1-8(18)9-2-4-11-12(6-9)19-14(17-11)10-3-5-13(15)16-7-10/h2-7H,1H3. The Kier molecular flexibility index (Phi) is 2.80. The van der Waals surface area contributed by atoms with E-state index in [1.165, 1.54) is 6.92 Å². The summed E-state index contributed by atoms with van der Waals surface area (Å²) in [6.45, 7) is 1.52. The van der Waals surface area contributed by atoms with E-state index in [9.17, 15) is 4.79 Å². The first-order valence-electron chi connectivity index (χ1n) is 5.67. The van der Waals surface area contributed by atoms with E-state index >= 15 is 0 Å². The van der Waals surface area contributed by atoms with Gasteiger partial charge in [-0.1, -0.05) is 11.6 Å². The second-order valence-electron chi connectivity index (χ2n) is 4.13. The van der Waals surface area contributed by atoms with Gasteiger partial charge >= 0.3 is 0 Å². The number of oxazole rings is 1. The predicted octanol–water partition coefficient (Wildman–Crippen LogP) is 3.75. The molecule has 0 saturated carbocycles. The molecule has 0 atom stereocenters. The molecule has 1 aromatic carbocycles. The quantitative estimate of drug-likeness (QED) is 0.527. The van der Waals surface area contributed by atoms with Crippen LogP contribution in [-0.2, 0) is 0 Å². The summed E-state index contributed by atoms with van der Waals surface area (Å²) in [4.78, 5) is 19.7. The third-order valence-electron chi connectivity index (χ3n) is 2.77. The first-order valence-corrected chi connectivity index (χ1v) is 6.05. The predicted molar refractivity (Wildman–Crippen MR) is 72.3 cm³/mol. The summed E-state index contributed by atoms with van der Waals surface area (Å²) < 4.78 is 5.64. The molecule has 0 spiro atoms. The van der Waals surface area contributed by atoms with Crippen molar-refractivity contribution in [1.29, 1.82) is 0 Å². The molecule has 0 radical (unpaired) electrons. The maximum atomic E-state index is 11.3. The molecule has 2 aromatic heterocycles. The van der Waals surface area contributed by atoms with Crippen LogP contribution in [0.25, 0.3) is 22.6 Å². The number of benzene rings is 1. The number of fused-ring (bicyclic) bond motifs is 1. The summed E-state index contributed by atoms with van der Waals surface area (Å²) in [5, 5.41) is 0.415. The van der Waals surface area contributed by atoms with Crippen LogP contribution in [0.4, 0.5) is 0 Å². The smallest absolute Gasteiger partial charge is 0.228 e. The van der Waals surface area contributed by atoms with Crippen molar-refractivity contribution in [1.82, 2.24) is 9.97 Å². The number of nitrogens with zero attached hydrogens (tertiary/aromatic N) is 2. The highest BCUT2D eigenvalue weighted by Crippen LogP contribution is 2.25. The van der Waals surface area contributed by atoms with E-state index in [1.807, 2.05) is 0 Å². The summed E-state index contributed by atoms with van der Waals surface area (Å²) in [6, 6.07) is 8.65. The van der Waals surface area contributed by atoms with E-state index < -0.39 is 0 Å². The average molecular weight is 273 g/mol. The molecule has 3 rings (SSSR count). The molecule has 0 aliphatic rings. The van der Waals surface area contributed by atoms with Crippen molar-refractivity contribution in [2.45, 2.75) is 6.92 Å². The number of carbonyl (C=O) groups excluding carboxylic acids is 1. The van der Waals surface area contributed by atoms with Crippen molar-refractivity contribution >= 4 is 28.5 Å². The van der Waals surface area contributed by atoms with E-state index in [0.717, 1.165) is 5.56 Å². The van der Waals surface area contributed by atoms with Crippen molar-refractivity contribution in [3.8, 4) is 11.5 Å². The SMILES string of the molecule is CC(=O)c1ccc2nc(-c3ccc(Cl)nc3)oc2c1. The fourth-order valence-electron chi connectivity index (χ4n) is 1.77. The first-order chi connectivity index (χ1) is 9.13. The normalized spacial score (nSPS) is 10.8. The fourth-order valence-corrected chi connectivity index (χ4v) is 1.88. The lowest BCUT2D eigenvalue weighted by Gasteiger charge is -1.93. The minimum Gasteiger partial charge on any atom is -0.436 e. The van der Waals surface area contributed by atoms with Crippen LogP contribution in [0.3, 0.4) is 0 Å².